The van der Waals surface area contributed by atoms with Crippen LogP contribution < -0.4 is 5.32 Å². The molecule has 6 heteroatoms. The summed E-state index contributed by atoms with van der Waals surface area (Å²) < 4.78 is 27.0. The third-order valence-electron chi connectivity index (χ3n) is 6.11. The lowest BCUT2D eigenvalue weighted by atomic mass is 9.64. The number of carbonyl (C=O) groups is 3. The SMILES string of the molecule is CC1(C)[C@]2(C(=O)Nc3cc(F)ccc3F)CC[C@@]1(C)C(=O)C2=O. The molecule has 2 saturated carbocycles. The minimum absolute atomic E-state index is 0.226. The molecule has 1 aromatic rings. The molecule has 1 N–H and O–H groups in total. The molecule has 0 unspecified atom stereocenters. The van der Waals surface area contributed by atoms with E-state index in [4.69, 9.17) is 0 Å². The fraction of sp³-hybridized carbons (Fsp3) is 0.471. The Bertz CT molecular complexity index is 758. The molecule has 3 rings (SSSR count). The van der Waals surface area contributed by atoms with Crippen molar-refractivity contribution in [2.45, 2.75) is 33.6 Å². The normalized spacial score (nSPS) is 31.5. The molecule has 0 radical (unpaired) electrons. The Morgan fingerprint density at radius 1 is 1.09 bits per heavy atom. The maximum absolute atomic E-state index is 13.8. The Labute approximate surface area is 132 Å². The third-order valence-corrected chi connectivity index (χ3v) is 6.11. The highest BCUT2D eigenvalue weighted by Crippen LogP contribution is 2.69. The van der Waals surface area contributed by atoms with Crippen molar-refractivity contribution in [2.75, 3.05) is 5.32 Å². The van der Waals surface area contributed by atoms with Gasteiger partial charge in [-0.3, -0.25) is 14.4 Å². The van der Waals surface area contributed by atoms with E-state index in [1.807, 2.05) is 0 Å². The number of ketones is 2. The van der Waals surface area contributed by atoms with Gasteiger partial charge in [-0.2, -0.15) is 0 Å². The average molecular weight is 321 g/mol. The second-order valence-electron chi connectivity index (χ2n) is 7.10. The summed E-state index contributed by atoms with van der Waals surface area (Å²) in [5.74, 6) is -3.53. The van der Waals surface area contributed by atoms with Gasteiger partial charge < -0.3 is 5.32 Å². The number of hydrogen-bond donors (Lipinski definition) is 1. The number of nitrogens with one attached hydrogen (secondary N) is 1. The molecule has 0 heterocycles. The molecule has 0 saturated heterocycles. The summed E-state index contributed by atoms with van der Waals surface area (Å²) in [6, 6.07) is 2.69. The average Bonchev–Trinajstić information content (AvgIpc) is 2.75. The van der Waals surface area contributed by atoms with E-state index in [1.54, 1.807) is 20.8 Å². The highest BCUT2D eigenvalue weighted by Gasteiger charge is 2.77. The Morgan fingerprint density at radius 2 is 1.74 bits per heavy atom. The van der Waals surface area contributed by atoms with Gasteiger partial charge in [0.15, 0.2) is 0 Å². The van der Waals surface area contributed by atoms with Crippen molar-refractivity contribution < 1.29 is 23.2 Å². The summed E-state index contributed by atoms with van der Waals surface area (Å²) in [6.45, 7) is 5.12. The van der Waals surface area contributed by atoms with E-state index in [-0.39, 0.29) is 12.1 Å². The number of fused-ring (bicyclic) bond motifs is 2. The quantitative estimate of drug-likeness (QED) is 0.673. The molecule has 0 spiro atoms. The van der Waals surface area contributed by atoms with Crippen molar-refractivity contribution in [3.05, 3.63) is 29.8 Å². The molecule has 0 aromatic heterocycles. The van der Waals surface area contributed by atoms with Crippen LogP contribution in [-0.4, -0.2) is 17.5 Å². The molecule has 2 fully saturated rings. The monoisotopic (exact) mass is 321 g/mol. The van der Waals surface area contributed by atoms with Gasteiger partial charge in [0.05, 0.1) is 5.69 Å². The fourth-order valence-corrected chi connectivity index (χ4v) is 4.10. The summed E-state index contributed by atoms with van der Waals surface area (Å²) in [4.78, 5) is 37.6. The highest BCUT2D eigenvalue weighted by atomic mass is 19.1. The number of rotatable bonds is 2. The summed E-state index contributed by atoms with van der Waals surface area (Å²) in [5.41, 5.74) is -3.65. The molecule has 23 heavy (non-hydrogen) atoms. The zero-order valence-corrected chi connectivity index (χ0v) is 13.1. The standard InChI is InChI=1S/C17H17F2NO3/c1-15(2)16(3)6-7-17(15,13(22)12(16)21)14(23)20-11-8-9(18)4-5-10(11)19/h4-5,8H,6-7H2,1-3H3,(H,20,23)/t16-,17+/m0/s1. The number of hydrogen-bond acceptors (Lipinski definition) is 3. The number of halogens is 2. The molecule has 1 amide bonds. The predicted octanol–water partition coefficient (Wildman–Crippen LogP) is 2.87. The van der Waals surface area contributed by atoms with E-state index in [9.17, 15) is 23.2 Å². The van der Waals surface area contributed by atoms with Gasteiger partial charge in [0, 0.05) is 11.5 Å². The van der Waals surface area contributed by atoms with Crippen LogP contribution in [-0.2, 0) is 14.4 Å². The topological polar surface area (TPSA) is 63.2 Å². The number of amides is 1. The van der Waals surface area contributed by atoms with Gasteiger partial charge in [-0.25, -0.2) is 8.78 Å². The van der Waals surface area contributed by atoms with Crippen LogP contribution in [0, 0.1) is 27.9 Å². The van der Waals surface area contributed by atoms with Crippen LogP contribution in [0.3, 0.4) is 0 Å². The van der Waals surface area contributed by atoms with E-state index in [0.29, 0.717) is 6.42 Å². The Balaban J connectivity index is 2.04. The van der Waals surface area contributed by atoms with Gasteiger partial charge in [-0.1, -0.05) is 20.8 Å². The summed E-state index contributed by atoms with van der Waals surface area (Å²) in [6.07, 6.45) is 0.646. The second-order valence-corrected chi connectivity index (χ2v) is 7.10. The third kappa shape index (κ3) is 1.66. The largest absolute Gasteiger partial charge is 0.323 e. The van der Waals surface area contributed by atoms with E-state index < -0.39 is 45.4 Å². The van der Waals surface area contributed by atoms with Crippen molar-refractivity contribution >= 4 is 23.2 Å². The number of carbonyl (C=O) groups excluding carboxylic acids is 3. The number of anilines is 1. The molecule has 0 aliphatic heterocycles. The van der Waals surface area contributed by atoms with Crippen molar-refractivity contribution in [3.8, 4) is 0 Å². The van der Waals surface area contributed by atoms with Gasteiger partial charge in [0.2, 0.25) is 17.5 Å². The van der Waals surface area contributed by atoms with Crippen LogP contribution >= 0.6 is 0 Å². The van der Waals surface area contributed by atoms with Crippen LogP contribution in [0.1, 0.15) is 33.6 Å². The predicted molar refractivity (Wildman–Crippen MR) is 78.6 cm³/mol. The maximum Gasteiger partial charge on any atom is 0.239 e. The van der Waals surface area contributed by atoms with E-state index in [2.05, 4.69) is 5.32 Å². The first-order valence-corrected chi connectivity index (χ1v) is 7.44. The molecule has 2 aliphatic rings. The molecular weight excluding hydrogens is 304 g/mol. The molecule has 4 nitrogen and oxygen atoms in total. The lowest BCUT2D eigenvalue weighted by molar-refractivity contribution is -0.147. The van der Waals surface area contributed by atoms with E-state index in [0.717, 1.165) is 18.2 Å². The summed E-state index contributed by atoms with van der Waals surface area (Å²) in [5, 5.41) is 2.31. The van der Waals surface area contributed by atoms with Crippen LogP contribution in [0.2, 0.25) is 0 Å². The zero-order chi connectivity index (χ0) is 17.2. The van der Waals surface area contributed by atoms with Gasteiger partial charge in [-0.05, 0) is 30.4 Å². The van der Waals surface area contributed by atoms with Crippen LogP contribution in [0.4, 0.5) is 14.5 Å². The Hall–Kier alpha value is -2.11. The lowest BCUT2D eigenvalue weighted by Crippen LogP contribution is -2.47. The van der Waals surface area contributed by atoms with Gasteiger partial charge in [0.25, 0.3) is 0 Å². The van der Waals surface area contributed by atoms with Gasteiger partial charge in [0.1, 0.15) is 17.0 Å². The second kappa shape index (κ2) is 4.46. The fourth-order valence-electron chi connectivity index (χ4n) is 4.10. The van der Waals surface area contributed by atoms with Crippen LogP contribution in [0.15, 0.2) is 18.2 Å². The first-order valence-electron chi connectivity index (χ1n) is 7.44. The molecule has 122 valence electrons. The molecular formula is C17H17F2NO3. The Kier molecular flexibility index (Phi) is 3.06. The molecule has 1 aromatic carbocycles. The minimum Gasteiger partial charge on any atom is -0.323 e. The number of Topliss-reactive ketones (excluding diaryl/α,β-unsaturated/α-hetero) is 2. The van der Waals surface area contributed by atoms with Crippen LogP contribution in [0.25, 0.3) is 0 Å². The van der Waals surface area contributed by atoms with Crippen molar-refractivity contribution in [1.82, 2.24) is 0 Å². The van der Waals surface area contributed by atoms with E-state index >= 15 is 0 Å². The minimum atomic E-state index is -1.53. The van der Waals surface area contributed by atoms with Crippen molar-refractivity contribution in [1.29, 1.82) is 0 Å². The maximum atomic E-state index is 13.8. The highest BCUT2D eigenvalue weighted by molar-refractivity contribution is 6.49. The van der Waals surface area contributed by atoms with Crippen molar-refractivity contribution in [2.24, 2.45) is 16.2 Å². The first kappa shape index (κ1) is 15.8. The van der Waals surface area contributed by atoms with E-state index in [1.165, 1.54) is 0 Å². The first-order chi connectivity index (χ1) is 10.6. The number of benzene rings is 1. The lowest BCUT2D eigenvalue weighted by Gasteiger charge is -2.37. The zero-order valence-electron chi connectivity index (χ0n) is 13.1. The molecule has 2 atom stereocenters. The van der Waals surface area contributed by atoms with Crippen molar-refractivity contribution in [3.63, 3.8) is 0 Å². The van der Waals surface area contributed by atoms with Crippen LogP contribution in [0.5, 0.6) is 0 Å². The smallest absolute Gasteiger partial charge is 0.239 e. The Morgan fingerprint density at radius 3 is 2.30 bits per heavy atom. The molecule has 2 bridgehead atoms. The summed E-state index contributed by atoms with van der Waals surface area (Å²) in [7, 11) is 0. The van der Waals surface area contributed by atoms with Gasteiger partial charge >= 0.3 is 0 Å². The van der Waals surface area contributed by atoms with Gasteiger partial charge in [-0.15, -0.1) is 0 Å². The molecule has 2 aliphatic carbocycles. The summed E-state index contributed by atoms with van der Waals surface area (Å²) >= 11 is 0.